The van der Waals surface area contributed by atoms with E-state index in [0.29, 0.717) is 19.5 Å². The minimum Gasteiger partial charge on any atom is -0.391 e. The lowest BCUT2D eigenvalue weighted by Crippen LogP contribution is -2.42. The van der Waals surface area contributed by atoms with Gasteiger partial charge in [-0.05, 0) is 26.6 Å². The average molecular weight is 280 g/mol. The van der Waals surface area contributed by atoms with Crippen LogP contribution < -0.4 is 5.56 Å². The van der Waals surface area contributed by atoms with Crippen LogP contribution in [0.5, 0.6) is 0 Å². The molecule has 1 amide bonds. The number of nitrogens with zero attached hydrogens (tertiary/aromatic N) is 4. The third kappa shape index (κ3) is 3.05. The average Bonchev–Trinajstić information content (AvgIpc) is 2.72. The molecule has 1 aromatic heterocycles. The number of hydrogen-bond donors (Lipinski definition) is 1. The molecule has 2 unspecified atom stereocenters. The summed E-state index contributed by atoms with van der Waals surface area (Å²) in [4.78, 5) is 27.4. The summed E-state index contributed by atoms with van der Waals surface area (Å²) in [5.74, 6) is -0.246. The first-order chi connectivity index (χ1) is 9.38. The van der Waals surface area contributed by atoms with Gasteiger partial charge >= 0.3 is 0 Å². The Balaban J connectivity index is 2.21. The number of aryl methyl sites for hydroxylation is 1. The van der Waals surface area contributed by atoms with Crippen molar-refractivity contribution in [2.75, 3.05) is 27.2 Å². The molecule has 1 saturated heterocycles. The Morgan fingerprint density at radius 3 is 2.80 bits per heavy atom. The summed E-state index contributed by atoms with van der Waals surface area (Å²) in [6.45, 7) is 0.996. The molecule has 1 aromatic rings. The Kier molecular flexibility index (Phi) is 4.20. The highest BCUT2D eigenvalue weighted by Gasteiger charge is 2.35. The normalized spacial score (nSPS) is 22.6. The molecule has 0 bridgehead atoms. The molecular formula is C13H20N4O3. The monoisotopic (exact) mass is 280 g/mol. The van der Waals surface area contributed by atoms with E-state index in [9.17, 15) is 14.7 Å². The number of aliphatic hydroxyl groups excluding tert-OH is 1. The molecule has 2 atom stereocenters. The minimum absolute atomic E-state index is 0.0356. The van der Waals surface area contributed by atoms with Gasteiger partial charge in [0.05, 0.1) is 6.10 Å². The van der Waals surface area contributed by atoms with Crippen LogP contribution in [0.25, 0.3) is 0 Å². The van der Waals surface area contributed by atoms with Crippen molar-refractivity contribution in [3.8, 4) is 0 Å². The molecular weight excluding hydrogens is 260 g/mol. The number of hydrogen-bond acceptors (Lipinski definition) is 5. The molecule has 2 heterocycles. The topological polar surface area (TPSA) is 78.7 Å². The zero-order valence-electron chi connectivity index (χ0n) is 12.0. The lowest BCUT2D eigenvalue weighted by Gasteiger charge is -2.26. The molecule has 1 N–H and O–H groups in total. The fourth-order valence-corrected chi connectivity index (χ4v) is 2.50. The van der Waals surface area contributed by atoms with E-state index >= 15 is 0 Å². The molecule has 1 aliphatic heterocycles. The highest BCUT2D eigenvalue weighted by molar-refractivity contribution is 5.92. The van der Waals surface area contributed by atoms with Crippen molar-refractivity contribution in [3.63, 3.8) is 0 Å². The highest BCUT2D eigenvalue weighted by atomic mass is 16.3. The van der Waals surface area contributed by atoms with Crippen molar-refractivity contribution >= 4 is 5.91 Å². The first-order valence-electron chi connectivity index (χ1n) is 6.56. The van der Waals surface area contributed by atoms with Gasteiger partial charge in [0.25, 0.3) is 11.5 Å². The lowest BCUT2D eigenvalue weighted by atomic mass is 10.2. The number of rotatable bonds is 3. The summed E-state index contributed by atoms with van der Waals surface area (Å²) in [5, 5.41) is 13.8. The molecule has 1 aliphatic rings. The minimum atomic E-state index is -0.503. The smallest absolute Gasteiger partial charge is 0.274 e. The zero-order valence-corrected chi connectivity index (χ0v) is 12.0. The summed E-state index contributed by atoms with van der Waals surface area (Å²) in [5.41, 5.74) is -0.0298. The van der Waals surface area contributed by atoms with Crippen LogP contribution in [-0.4, -0.2) is 69.9 Å². The van der Waals surface area contributed by atoms with Gasteiger partial charge in [-0.25, -0.2) is 4.68 Å². The molecule has 7 nitrogen and oxygen atoms in total. The van der Waals surface area contributed by atoms with Crippen LogP contribution in [0.3, 0.4) is 0 Å². The molecule has 0 aromatic carbocycles. The van der Waals surface area contributed by atoms with E-state index in [1.807, 2.05) is 19.0 Å². The summed E-state index contributed by atoms with van der Waals surface area (Å²) in [7, 11) is 5.37. The number of carbonyl (C=O) groups excluding carboxylic acids is 1. The van der Waals surface area contributed by atoms with Gasteiger partial charge in [0.1, 0.15) is 5.69 Å². The van der Waals surface area contributed by atoms with Gasteiger partial charge in [-0.15, -0.1) is 0 Å². The number of aromatic nitrogens is 2. The van der Waals surface area contributed by atoms with Crippen LogP contribution in [0.15, 0.2) is 16.9 Å². The quantitative estimate of drug-likeness (QED) is 0.762. The standard InChI is InChI=1S/C13H20N4O3/c1-15(2)7-9-6-10(18)8-17(9)13(20)11-4-5-12(19)16(3)14-11/h4-5,9-10,18H,6-8H2,1-3H3. The second-order valence-electron chi connectivity index (χ2n) is 5.44. The van der Waals surface area contributed by atoms with Crippen molar-refractivity contribution in [1.29, 1.82) is 0 Å². The largest absolute Gasteiger partial charge is 0.391 e. The lowest BCUT2D eigenvalue weighted by molar-refractivity contribution is 0.0690. The molecule has 0 saturated carbocycles. The summed E-state index contributed by atoms with van der Waals surface area (Å²) >= 11 is 0. The molecule has 20 heavy (non-hydrogen) atoms. The Morgan fingerprint density at radius 1 is 1.50 bits per heavy atom. The predicted molar refractivity (Wildman–Crippen MR) is 73.5 cm³/mol. The Labute approximate surface area is 117 Å². The van der Waals surface area contributed by atoms with Crippen molar-refractivity contribution in [2.24, 2.45) is 7.05 Å². The van der Waals surface area contributed by atoms with Gasteiger partial charge in [0, 0.05) is 32.2 Å². The van der Waals surface area contributed by atoms with Crippen molar-refractivity contribution < 1.29 is 9.90 Å². The summed E-state index contributed by atoms with van der Waals surface area (Å²) in [6, 6.07) is 2.72. The SMILES string of the molecule is CN(C)CC1CC(O)CN1C(=O)c1ccc(=O)n(C)n1. The van der Waals surface area contributed by atoms with Crippen LogP contribution in [-0.2, 0) is 7.05 Å². The maximum Gasteiger partial charge on any atom is 0.274 e. The van der Waals surface area contributed by atoms with E-state index in [1.54, 1.807) is 4.90 Å². The molecule has 110 valence electrons. The Morgan fingerprint density at radius 2 is 2.20 bits per heavy atom. The highest BCUT2D eigenvalue weighted by Crippen LogP contribution is 2.20. The number of amides is 1. The van der Waals surface area contributed by atoms with Crippen LogP contribution in [0.4, 0.5) is 0 Å². The number of aliphatic hydroxyl groups is 1. The maximum absolute atomic E-state index is 12.5. The van der Waals surface area contributed by atoms with Crippen LogP contribution in [0.2, 0.25) is 0 Å². The number of β-amino-alcohol motifs (C(OH)–C–C–N with tert-alkyl or cyclic N) is 1. The van der Waals surface area contributed by atoms with Gasteiger partial charge in [0.15, 0.2) is 0 Å². The second kappa shape index (κ2) is 5.72. The second-order valence-corrected chi connectivity index (χ2v) is 5.44. The van der Waals surface area contributed by atoms with Gasteiger partial charge in [0.2, 0.25) is 0 Å². The molecule has 0 aliphatic carbocycles. The van der Waals surface area contributed by atoms with Gasteiger partial charge in [-0.1, -0.05) is 0 Å². The van der Waals surface area contributed by atoms with Gasteiger partial charge in [-0.2, -0.15) is 5.10 Å². The molecule has 2 rings (SSSR count). The predicted octanol–water partition coefficient (Wildman–Crippen LogP) is -1.08. The van der Waals surface area contributed by atoms with Crippen molar-refractivity contribution in [1.82, 2.24) is 19.6 Å². The third-order valence-electron chi connectivity index (χ3n) is 3.41. The maximum atomic E-state index is 12.5. The Hall–Kier alpha value is -1.73. The fourth-order valence-electron chi connectivity index (χ4n) is 2.50. The van der Waals surface area contributed by atoms with E-state index in [4.69, 9.17) is 0 Å². The third-order valence-corrected chi connectivity index (χ3v) is 3.41. The summed E-state index contributed by atoms with van der Waals surface area (Å²) in [6.07, 6.45) is 0.0619. The van der Waals surface area contributed by atoms with E-state index in [0.717, 1.165) is 4.68 Å². The number of likely N-dealkylation sites (tertiary alicyclic amines) is 1. The number of carbonyl (C=O) groups is 1. The van der Waals surface area contributed by atoms with Crippen molar-refractivity contribution in [2.45, 2.75) is 18.6 Å². The summed E-state index contributed by atoms with van der Waals surface area (Å²) < 4.78 is 1.14. The first kappa shape index (κ1) is 14.7. The van der Waals surface area contributed by atoms with Crippen LogP contribution >= 0.6 is 0 Å². The molecule has 0 radical (unpaired) electrons. The molecule has 1 fully saturated rings. The van der Waals surface area contributed by atoms with E-state index in [2.05, 4.69) is 5.10 Å². The van der Waals surface area contributed by atoms with E-state index in [1.165, 1.54) is 19.2 Å². The molecule has 0 spiro atoms. The number of likely N-dealkylation sites (N-methyl/N-ethyl adjacent to an activating group) is 1. The van der Waals surface area contributed by atoms with Gasteiger partial charge < -0.3 is 14.9 Å². The van der Waals surface area contributed by atoms with Gasteiger partial charge in [-0.3, -0.25) is 9.59 Å². The van der Waals surface area contributed by atoms with Crippen LogP contribution in [0, 0.1) is 0 Å². The zero-order chi connectivity index (χ0) is 14.9. The van der Waals surface area contributed by atoms with E-state index in [-0.39, 0.29) is 23.2 Å². The first-order valence-corrected chi connectivity index (χ1v) is 6.56. The van der Waals surface area contributed by atoms with Crippen molar-refractivity contribution in [3.05, 3.63) is 28.2 Å². The Bertz CT molecular complexity index is 555. The fraction of sp³-hybridized carbons (Fsp3) is 0.615. The van der Waals surface area contributed by atoms with E-state index < -0.39 is 6.10 Å². The molecule has 7 heteroatoms. The van der Waals surface area contributed by atoms with Crippen LogP contribution in [0.1, 0.15) is 16.9 Å².